The zero-order chi connectivity index (χ0) is 16.2. The standard InChI is InChI=1S/C20H22O3/c1-22-18-10-6-5-9-17(18)20-15(13-19(21)23-2)12-11-14-7-3-4-8-16(14)20/h3-10,15,20H,11-13H2,1-2H3/t15-,20+/m1/s1. The number of carbonyl (C=O) groups excluding carboxylic acids is 1. The zero-order valence-corrected chi connectivity index (χ0v) is 13.6. The summed E-state index contributed by atoms with van der Waals surface area (Å²) in [6, 6.07) is 16.6. The van der Waals surface area contributed by atoms with Crippen LogP contribution in [0.4, 0.5) is 0 Å². The Bertz CT molecular complexity index is 693. The molecular formula is C20H22O3. The van der Waals surface area contributed by atoms with E-state index in [-0.39, 0.29) is 17.8 Å². The third-order valence-corrected chi connectivity index (χ3v) is 4.78. The van der Waals surface area contributed by atoms with E-state index in [1.54, 1.807) is 7.11 Å². The maximum Gasteiger partial charge on any atom is 0.305 e. The SMILES string of the molecule is COC(=O)C[C@H]1CCc2ccccc2[C@H]1c1ccccc1OC. The number of ether oxygens (including phenoxy) is 2. The second-order valence-electron chi connectivity index (χ2n) is 6.00. The van der Waals surface area contributed by atoms with Crippen molar-refractivity contribution in [3.8, 4) is 5.75 Å². The number of fused-ring (bicyclic) bond motifs is 1. The summed E-state index contributed by atoms with van der Waals surface area (Å²) in [5.41, 5.74) is 3.82. The van der Waals surface area contributed by atoms with Gasteiger partial charge in [-0.05, 0) is 36.0 Å². The van der Waals surface area contributed by atoms with E-state index in [1.807, 2.05) is 18.2 Å². The maximum absolute atomic E-state index is 11.9. The van der Waals surface area contributed by atoms with Crippen LogP contribution in [-0.2, 0) is 16.0 Å². The molecule has 0 N–H and O–H groups in total. The van der Waals surface area contributed by atoms with E-state index in [4.69, 9.17) is 9.47 Å². The summed E-state index contributed by atoms with van der Waals surface area (Å²) in [5, 5.41) is 0. The molecule has 0 radical (unpaired) electrons. The highest BCUT2D eigenvalue weighted by Crippen LogP contribution is 2.45. The van der Waals surface area contributed by atoms with Crippen LogP contribution in [0.1, 0.15) is 35.4 Å². The second kappa shape index (κ2) is 6.86. The average molecular weight is 310 g/mol. The summed E-state index contributed by atoms with van der Waals surface area (Å²) in [6.07, 6.45) is 2.42. The van der Waals surface area contributed by atoms with Gasteiger partial charge in [-0.25, -0.2) is 0 Å². The topological polar surface area (TPSA) is 35.5 Å². The van der Waals surface area contributed by atoms with E-state index in [1.165, 1.54) is 18.2 Å². The van der Waals surface area contributed by atoms with Gasteiger partial charge in [-0.3, -0.25) is 4.79 Å². The molecule has 2 aromatic carbocycles. The molecule has 3 heteroatoms. The Kier molecular flexibility index (Phi) is 4.65. The van der Waals surface area contributed by atoms with Crippen LogP contribution in [0.25, 0.3) is 0 Å². The molecule has 0 aromatic heterocycles. The third-order valence-electron chi connectivity index (χ3n) is 4.78. The molecule has 1 aliphatic rings. The van der Waals surface area contributed by atoms with Crippen molar-refractivity contribution in [2.75, 3.05) is 14.2 Å². The fourth-order valence-electron chi connectivity index (χ4n) is 3.69. The van der Waals surface area contributed by atoms with Crippen LogP contribution in [0, 0.1) is 5.92 Å². The summed E-state index contributed by atoms with van der Waals surface area (Å²) in [6.45, 7) is 0. The highest BCUT2D eigenvalue weighted by molar-refractivity contribution is 5.70. The van der Waals surface area contributed by atoms with Gasteiger partial charge in [-0.15, -0.1) is 0 Å². The summed E-state index contributed by atoms with van der Waals surface area (Å²) in [4.78, 5) is 11.9. The van der Waals surface area contributed by atoms with Gasteiger partial charge < -0.3 is 9.47 Å². The molecule has 23 heavy (non-hydrogen) atoms. The molecule has 0 fully saturated rings. The van der Waals surface area contributed by atoms with Gasteiger partial charge in [0, 0.05) is 17.9 Å². The normalized spacial score (nSPS) is 19.7. The Labute approximate surface area is 137 Å². The van der Waals surface area contributed by atoms with Gasteiger partial charge in [0.15, 0.2) is 0 Å². The molecule has 2 atom stereocenters. The van der Waals surface area contributed by atoms with E-state index >= 15 is 0 Å². The lowest BCUT2D eigenvalue weighted by Crippen LogP contribution is -2.25. The van der Waals surface area contributed by atoms with Crippen molar-refractivity contribution in [2.45, 2.75) is 25.2 Å². The molecule has 0 heterocycles. The Morgan fingerprint density at radius 1 is 1.04 bits per heavy atom. The molecule has 3 rings (SSSR count). The minimum atomic E-state index is -0.144. The van der Waals surface area contributed by atoms with Crippen molar-refractivity contribution < 1.29 is 14.3 Å². The van der Waals surface area contributed by atoms with E-state index < -0.39 is 0 Å². The molecule has 3 nitrogen and oxygen atoms in total. The van der Waals surface area contributed by atoms with Crippen LogP contribution in [0.5, 0.6) is 5.75 Å². The predicted octanol–water partition coefficient (Wildman–Crippen LogP) is 3.95. The molecule has 0 bridgehead atoms. The minimum absolute atomic E-state index is 0.144. The number of hydrogen-bond donors (Lipinski definition) is 0. The first-order valence-corrected chi connectivity index (χ1v) is 8.02. The smallest absolute Gasteiger partial charge is 0.305 e. The maximum atomic E-state index is 11.9. The Balaban J connectivity index is 2.07. The fraction of sp³-hybridized carbons (Fsp3) is 0.350. The van der Waals surface area contributed by atoms with Gasteiger partial charge in [0.1, 0.15) is 5.75 Å². The highest BCUT2D eigenvalue weighted by atomic mass is 16.5. The zero-order valence-electron chi connectivity index (χ0n) is 13.6. The number of esters is 1. The largest absolute Gasteiger partial charge is 0.496 e. The second-order valence-corrected chi connectivity index (χ2v) is 6.00. The monoisotopic (exact) mass is 310 g/mol. The fourth-order valence-corrected chi connectivity index (χ4v) is 3.69. The highest BCUT2D eigenvalue weighted by Gasteiger charge is 2.33. The van der Waals surface area contributed by atoms with Crippen molar-refractivity contribution in [3.63, 3.8) is 0 Å². The number of benzene rings is 2. The lowest BCUT2D eigenvalue weighted by atomic mass is 9.70. The summed E-state index contributed by atoms with van der Waals surface area (Å²) in [7, 11) is 3.15. The Morgan fingerprint density at radius 2 is 1.74 bits per heavy atom. The lowest BCUT2D eigenvalue weighted by molar-refractivity contribution is -0.141. The quantitative estimate of drug-likeness (QED) is 0.802. The minimum Gasteiger partial charge on any atom is -0.496 e. The van der Waals surface area contributed by atoms with Crippen LogP contribution >= 0.6 is 0 Å². The van der Waals surface area contributed by atoms with Gasteiger partial charge in [-0.1, -0.05) is 42.5 Å². The Hall–Kier alpha value is -2.29. The van der Waals surface area contributed by atoms with Crippen LogP contribution in [0.3, 0.4) is 0 Å². The van der Waals surface area contributed by atoms with E-state index in [0.717, 1.165) is 24.2 Å². The summed E-state index contributed by atoms with van der Waals surface area (Å²) >= 11 is 0. The van der Waals surface area contributed by atoms with E-state index in [2.05, 4.69) is 30.3 Å². The molecule has 1 aliphatic carbocycles. The van der Waals surface area contributed by atoms with Gasteiger partial charge in [-0.2, -0.15) is 0 Å². The first-order chi connectivity index (χ1) is 11.2. The molecule has 0 saturated carbocycles. The first-order valence-electron chi connectivity index (χ1n) is 8.02. The molecule has 0 spiro atoms. The Morgan fingerprint density at radius 3 is 2.48 bits per heavy atom. The van der Waals surface area contributed by atoms with Crippen molar-refractivity contribution in [1.29, 1.82) is 0 Å². The summed E-state index contributed by atoms with van der Waals surface area (Å²) < 4.78 is 10.5. The van der Waals surface area contributed by atoms with Crippen LogP contribution in [0.15, 0.2) is 48.5 Å². The lowest BCUT2D eigenvalue weighted by Gasteiger charge is -2.34. The first kappa shape index (κ1) is 15.6. The van der Waals surface area contributed by atoms with Gasteiger partial charge >= 0.3 is 5.97 Å². The number of carbonyl (C=O) groups is 1. The van der Waals surface area contributed by atoms with Crippen molar-refractivity contribution in [3.05, 3.63) is 65.2 Å². The summed E-state index contributed by atoms with van der Waals surface area (Å²) in [5.74, 6) is 1.13. The van der Waals surface area contributed by atoms with Crippen LogP contribution in [0.2, 0.25) is 0 Å². The molecule has 2 aromatic rings. The van der Waals surface area contributed by atoms with Gasteiger partial charge in [0.2, 0.25) is 0 Å². The third kappa shape index (κ3) is 3.09. The number of hydrogen-bond acceptors (Lipinski definition) is 3. The average Bonchev–Trinajstić information content (AvgIpc) is 2.61. The van der Waals surface area contributed by atoms with Crippen LogP contribution < -0.4 is 4.74 Å². The molecule has 0 amide bonds. The van der Waals surface area contributed by atoms with Crippen molar-refractivity contribution >= 4 is 5.97 Å². The molecule has 120 valence electrons. The van der Waals surface area contributed by atoms with Crippen molar-refractivity contribution in [2.24, 2.45) is 5.92 Å². The van der Waals surface area contributed by atoms with Crippen LogP contribution in [-0.4, -0.2) is 20.2 Å². The number of para-hydroxylation sites is 1. The van der Waals surface area contributed by atoms with E-state index in [0.29, 0.717) is 6.42 Å². The number of methoxy groups -OCH3 is 2. The van der Waals surface area contributed by atoms with Gasteiger partial charge in [0.05, 0.1) is 14.2 Å². The van der Waals surface area contributed by atoms with Gasteiger partial charge in [0.25, 0.3) is 0 Å². The van der Waals surface area contributed by atoms with Crippen molar-refractivity contribution in [1.82, 2.24) is 0 Å². The molecule has 0 unspecified atom stereocenters. The molecular weight excluding hydrogens is 288 g/mol. The number of rotatable bonds is 4. The molecule has 0 saturated heterocycles. The number of aryl methyl sites for hydroxylation is 1. The molecule has 0 aliphatic heterocycles. The van der Waals surface area contributed by atoms with E-state index in [9.17, 15) is 4.79 Å². The predicted molar refractivity (Wildman–Crippen MR) is 89.7 cm³/mol.